The molecule has 0 bridgehead atoms. The Bertz CT molecular complexity index is 649. The van der Waals surface area contributed by atoms with Crippen LogP contribution in [0.15, 0.2) is 46.9 Å². The van der Waals surface area contributed by atoms with Crippen LogP contribution in [0.2, 0.25) is 5.02 Å². The molecule has 21 heavy (non-hydrogen) atoms. The third kappa shape index (κ3) is 2.64. The van der Waals surface area contributed by atoms with E-state index in [4.69, 9.17) is 17.3 Å². The van der Waals surface area contributed by atoms with Crippen molar-refractivity contribution in [2.45, 2.75) is 18.9 Å². The normalized spacial score (nSPS) is 17.5. The predicted octanol–water partition coefficient (Wildman–Crippen LogP) is 3.88. The minimum Gasteiger partial charge on any atom is -0.388 e. The molecule has 110 valence electrons. The van der Waals surface area contributed by atoms with Gasteiger partial charge >= 0.3 is 0 Å². The highest BCUT2D eigenvalue weighted by atomic mass is 79.9. The van der Waals surface area contributed by atoms with Gasteiger partial charge in [-0.15, -0.1) is 0 Å². The lowest BCUT2D eigenvalue weighted by Gasteiger charge is -2.33. The quantitative estimate of drug-likeness (QED) is 0.866. The van der Waals surface area contributed by atoms with Gasteiger partial charge in [-0.3, -0.25) is 0 Å². The fourth-order valence-corrected chi connectivity index (χ4v) is 4.00. The zero-order chi connectivity index (χ0) is 15.0. The van der Waals surface area contributed by atoms with E-state index in [9.17, 15) is 5.11 Å². The minimum atomic E-state index is -0.671. The van der Waals surface area contributed by atoms with E-state index in [0.29, 0.717) is 11.6 Å². The van der Waals surface area contributed by atoms with Crippen LogP contribution < -0.4 is 5.73 Å². The van der Waals surface area contributed by atoms with Gasteiger partial charge in [0.25, 0.3) is 0 Å². The first-order valence-corrected chi connectivity index (χ1v) is 8.13. The van der Waals surface area contributed by atoms with E-state index in [1.54, 1.807) is 0 Å². The van der Waals surface area contributed by atoms with E-state index in [1.807, 2.05) is 30.3 Å². The minimum absolute atomic E-state index is 0.374. The molecule has 0 fully saturated rings. The molecule has 0 aliphatic heterocycles. The van der Waals surface area contributed by atoms with Crippen LogP contribution in [-0.2, 0) is 12.8 Å². The molecule has 2 nitrogen and oxygen atoms in total. The van der Waals surface area contributed by atoms with E-state index in [1.165, 1.54) is 11.1 Å². The highest BCUT2D eigenvalue weighted by Gasteiger charge is 2.43. The van der Waals surface area contributed by atoms with Crippen molar-refractivity contribution in [2.24, 2.45) is 11.1 Å². The van der Waals surface area contributed by atoms with Crippen molar-refractivity contribution in [1.29, 1.82) is 0 Å². The fourth-order valence-electron chi connectivity index (χ4n) is 3.23. The molecule has 1 unspecified atom stereocenters. The summed E-state index contributed by atoms with van der Waals surface area (Å²) in [5, 5.41) is 11.5. The topological polar surface area (TPSA) is 46.2 Å². The molecule has 4 heteroatoms. The summed E-state index contributed by atoms with van der Waals surface area (Å²) in [4.78, 5) is 0. The third-order valence-electron chi connectivity index (χ3n) is 4.45. The highest BCUT2D eigenvalue weighted by Crippen LogP contribution is 2.46. The van der Waals surface area contributed by atoms with Gasteiger partial charge in [-0.2, -0.15) is 0 Å². The van der Waals surface area contributed by atoms with Crippen molar-refractivity contribution in [3.8, 4) is 0 Å². The number of nitrogens with two attached hydrogens (primary N) is 1. The number of halogens is 2. The number of aliphatic hydroxyl groups is 1. The van der Waals surface area contributed by atoms with Gasteiger partial charge in [0.1, 0.15) is 0 Å². The summed E-state index contributed by atoms with van der Waals surface area (Å²) in [6, 6.07) is 13.9. The molecule has 0 saturated heterocycles. The first-order valence-electron chi connectivity index (χ1n) is 6.95. The number of fused-ring (bicyclic) bond motifs is 1. The van der Waals surface area contributed by atoms with Crippen molar-refractivity contribution in [2.75, 3.05) is 6.54 Å². The molecule has 2 aromatic rings. The summed E-state index contributed by atoms with van der Waals surface area (Å²) in [6.45, 7) is 0.426. The molecule has 3 rings (SSSR count). The molecule has 1 aliphatic rings. The van der Waals surface area contributed by atoms with Gasteiger partial charge in [0, 0.05) is 21.5 Å². The molecular formula is C17H17BrClNO. The van der Waals surface area contributed by atoms with Crippen LogP contribution in [-0.4, -0.2) is 11.7 Å². The standard InChI is InChI=1S/C17H17BrClNO/c18-13-5-6-14(15(19)7-13)16(21)17(10-20)8-11-3-1-2-4-12(11)9-17/h1-7,16,21H,8-10,20H2. The Morgan fingerprint density at radius 1 is 1.19 bits per heavy atom. The zero-order valence-electron chi connectivity index (χ0n) is 11.5. The van der Waals surface area contributed by atoms with Crippen LogP contribution >= 0.6 is 27.5 Å². The van der Waals surface area contributed by atoms with E-state index >= 15 is 0 Å². The maximum atomic E-state index is 10.9. The number of rotatable bonds is 3. The average molecular weight is 367 g/mol. The second kappa shape index (κ2) is 5.73. The monoisotopic (exact) mass is 365 g/mol. The lowest BCUT2D eigenvalue weighted by atomic mass is 9.76. The van der Waals surface area contributed by atoms with Crippen molar-refractivity contribution >= 4 is 27.5 Å². The fraction of sp³-hybridized carbons (Fsp3) is 0.294. The lowest BCUT2D eigenvalue weighted by Crippen LogP contribution is -2.37. The Morgan fingerprint density at radius 2 is 1.81 bits per heavy atom. The molecule has 3 N–H and O–H groups in total. The summed E-state index contributed by atoms with van der Waals surface area (Å²) in [5.74, 6) is 0. The molecule has 1 aliphatic carbocycles. The van der Waals surface area contributed by atoms with Gasteiger partial charge in [0.2, 0.25) is 0 Å². The number of aliphatic hydroxyl groups excluding tert-OH is 1. The van der Waals surface area contributed by atoms with E-state index < -0.39 is 6.10 Å². The largest absolute Gasteiger partial charge is 0.388 e. The van der Waals surface area contributed by atoms with Crippen molar-refractivity contribution < 1.29 is 5.11 Å². The SMILES string of the molecule is NCC1(C(O)c2ccc(Br)cc2Cl)Cc2ccccc2C1. The van der Waals surface area contributed by atoms with Gasteiger partial charge in [0.05, 0.1) is 6.10 Å². The van der Waals surface area contributed by atoms with Gasteiger partial charge < -0.3 is 10.8 Å². The van der Waals surface area contributed by atoms with E-state index in [-0.39, 0.29) is 5.41 Å². The number of hydrogen-bond acceptors (Lipinski definition) is 2. The lowest BCUT2D eigenvalue weighted by molar-refractivity contribution is 0.0359. The molecule has 0 aromatic heterocycles. The molecular weight excluding hydrogens is 350 g/mol. The first kappa shape index (κ1) is 15.0. The number of hydrogen-bond donors (Lipinski definition) is 2. The van der Waals surface area contributed by atoms with Gasteiger partial charge in [-0.25, -0.2) is 0 Å². The highest BCUT2D eigenvalue weighted by molar-refractivity contribution is 9.10. The smallest absolute Gasteiger partial charge is 0.0879 e. The van der Waals surface area contributed by atoms with Crippen LogP contribution in [0.1, 0.15) is 22.8 Å². The summed E-state index contributed by atoms with van der Waals surface area (Å²) < 4.78 is 0.903. The van der Waals surface area contributed by atoms with Crippen LogP contribution in [0.3, 0.4) is 0 Å². The molecule has 0 amide bonds. The van der Waals surface area contributed by atoms with E-state index in [2.05, 4.69) is 28.1 Å². The third-order valence-corrected chi connectivity index (χ3v) is 5.27. The van der Waals surface area contributed by atoms with Crippen LogP contribution in [0.25, 0.3) is 0 Å². The molecule has 1 atom stereocenters. The average Bonchev–Trinajstić information content (AvgIpc) is 2.86. The number of benzene rings is 2. The van der Waals surface area contributed by atoms with Gasteiger partial charge in [-0.05, 0) is 41.7 Å². The Balaban J connectivity index is 1.98. The van der Waals surface area contributed by atoms with Crippen molar-refractivity contribution in [3.05, 3.63) is 68.7 Å². The summed E-state index contributed by atoms with van der Waals surface area (Å²) >= 11 is 9.69. The van der Waals surface area contributed by atoms with Crippen molar-refractivity contribution in [3.63, 3.8) is 0 Å². The van der Waals surface area contributed by atoms with Crippen LogP contribution in [0, 0.1) is 5.41 Å². The second-order valence-electron chi connectivity index (χ2n) is 5.76. The second-order valence-corrected chi connectivity index (χ2v) is 7.08. The van der Waals surface area contributed by atoms with Gasteiger partial charge in [-0.1, -0.05) is 57.9 Å². The van der Waals surface area contributed by atoms with Crippen LogP contribution in [0.5, 0.6) is 0 Å². The first-order chi connectivity index (χ1) is 10.1. The van der Waals surface area contributed by atoms with Crippen molar-refractivity contribution in [1.82, 2.24) is 0 Å². The maximum Gasteiger partial charge on any atom is 0.0879 e. The maximum absolute atomic E-state index is 10.9. The van der Waals surface area contributed by atoms with Gasteiger partial charge in [0.15, 0.2) is 0 Å². The molecule has 2 aromatic carbocycles. The predicted molar refractivity (Wildman–Crippen MR) is 89.4 cm³/mol. The Morgan fingerprint density at radius 3 is 2.33 bits per heavy atom. The summed E-state index contributed by atoms with van der Waals surface area (Å²) in [6.07, 6.45) is 0.899. The van der Waals surface area contributed by atoms with E-state index in [0.717, 1.165) is 22.9 Å². The molecule has 0 heterocycles. The Kier molecular flexibility index (Phi) is 4.10. The van der Waals surface area contributed by atoms with Crippen LogP contribution in [0.4, 0.5) is 0 Å². The molecule has 0 radical (unpaired) electrons. The Hall–Kier alpha value is -0.870. The summed E-state index contributed by atoms with van der Waals surface area (Å²) in [7, 11) is 0. The zero-order valence-corrected chi connectivity index (χ0v) is 13.9. The summed E-state index contributed by atoms with van der Waals surface area (Å²) in [5.41, 5.74) is 8.98. The molecule has 0 saturated carbocycles. The Labute approximate surface area is 138 Å². The molecule has 0 spiro atoms.